The Morgan fingerprint density at radius 2 is 1.83 bits per heavy atom. The van der Waals surface area contributed by atoms with Gasteiger partial charge in [-0.15, -0.1) is 0 Å². The summed E-state index contributed by atoms with van der Waals surface area (Å²) < 4.78 is 0. The first kappa shape index (κ1) is 16.9. The lowest BCUT2D eigenvalue weighted by Gasteiger charge is -2.32. The molecule has 0 aromatic heterocycles. The minimum Gasteiger partial charge on any atom is -0.336 e. The second kappa shape index (κ2) is 7.77. The van der Waals surface area contributed by atoms with Crippen LogP contribution >= 0.6 is 0 Å². The predicted octanol–water partition coefficient (Wildman–Crippen LogP) is 1.01. The highest BCUT2D eigenvalue weighted by molar-refractivity contribution is 5.96. The molecule has 2 aliphatic rings. The Kier molecular flexibility index (Phi) is 5.48. The molecular weight excluding hydrogens is 304 g/mol. The molecule has 2 fully saturated rings. The number of hydrogen-bond acceptors (Lipinski definition) is 4. The fraction of sp³-hybridized carbons (Fsp3) is 0.556. The zero-order valence-corrected chi connectivity index (χ0v) is 14.3. The fourth-order valence-electron chi connectivity index (χ4n) is 3.21. The lowest BCUT2D eigenvalue weighted by Crippen LogP contribution is -2.47. The van der Waals surface area contributed by atoms with Crippen LogP contribution in [0.25, 0.3) is 0 Å². The molecule has 2 heterocycles. The first-order chi connectivity index (χ1) is 11.6. The molecule has 24 heavy (non-hydrogen) atoms. The molecule has 1 unspecified atom stereocenters. The summed E-state index contributed by atoms with van der Waals surface area (Å²) in [5, 5.41) is 6.20. The smallest absolute Gasteiger partial charge is 0.253 e. The van der Waals surface area contributed by atoms with Gasteiger partial charge < -0.3 is 20.4 Å². The van der Waals surface area contributed by atoms with E-state index in [1.165, 1.54) is 0 Å². The second-order valence-corrected chi connectivity index (χ2v) is 6.71. The van der Waals surface area contributed by atoms with Gasteiger partial charge in [0, 0.05) is 44.0 Å². The lowest BCUT2D eigenvalue weighted by molar-refractivity contribution is -0.120. The van der Waals surface area contributed by atoms with Crippen LogP contribution in [0.3, 0.4) is 0 Å². The minimum absolute atomic E-state index is 0.0328. The summed E-state index contributed by atoms with van der Waals surface area (Å²) in [6.45, 7) is 5.09. The summed E-state index contributed by atoms with van der Waals surface area (Å²) in [5.74, 6) is 0.156. The highest BCUT2D eigenvalue weighted by atomic mass is 16.2. The van der Waals surface area contributed by atoms with Crippen LogP contribution in [-0.2, 0) is 4.79 Å². The molecule has 6 nitrogen and oxygen atoms in total. The third kappa shape index (κ3) is 4.13. The number of piperidine rings is 1. The number of carbonyl (C=O) groups is 2. The maximum atomic E-state index is 12.5. The number of nitrogens with zero attached hydrogens (tertiary/aromatic N) is 2. The molecule has 0 aliphatic carbocycles. The third-order valence-corrected chi connectivity index (χ3v) is 4.86. The molecule has 0 bridgehead atoms. The van der Waals surface area contributed by atoms with Gasteiger partial charge in [0.1, 0.15) is 0 Å². The predicted molar refractivity (Wildman–Crippen MR) is 94.1 cm³/mol. The van der Waals surface area contributed by atoms with Gasteiger partial charge >= 0.3 is 0 Å². The fourth-order valence-corrected chi connectivity index (χ4v) is 3.21. The van der Waals surface area contributed by atoms with Gasteiger partial charge in [-0.25, -0.2) is 0 Å². The van der Waals surface area contributed by atoms with E-state index in [-0.39, 0.29) is 17.7 Å². The first-order valence-electron chi connectivity index (χ1n) is 8.73. The molecule has 0 saturated carbocycles. The van der Waals surface area contributed by atoms with Crippen LogP contribution in [-0.4, -0.2) is 67.9 Å². The maximum Gasteiger partial charge on any atom is 0.253 e. The molecule has 2 saturated heterocycles. The van der Waals surface area contributed by atoms with Crippen molar-refractivity contribution in [2.75, 3.05) is 51.6 Å². The van der Waals surface area contributed by atoms with Crippen molar-refractivity contribution >= 4 is 17.5 Å². The second-order valence-electron chi connectivity index (χ2n) is 6.71. The number of hydrogen-bond donors (Lipinski definition) is 2. The van der Waals surface area contributed by atoms with Crippen molar-refractivity contribution in [3.8, 4) is 0 Å². The van der Waals surface area contributed by atoms with E-state index in [9.17, 15) is 9.59 Å². The summed E-state index contributed by atoms with van der Waals surface area (Å²) in [7, 11) is 2.07. The van der Waals surface area contributed by atoms with Crippen molar-refractivity contribution in [3.63, 3.8) is 0 Å². The maximum absolute atomic E-state index is 12.5. The largest absolute Gasteiger partial charge is 0.336 e. The van der Waals surface area contributed by atoms with Crippen LogP contribution in [0.4, 0.5) is 5.69 Å². The Morgan fingerprint density at radius 3 is 2.46 bits per heavy atom. The average molecular weight is 330 g/mol. The molecule has 0 radical (unpaired) electrons. The highest BCUT2D eigenvalue weighted by Crippen LogP contribution is 2.16. The lowest BCUT2D eigenvalue weighted by atomic mass is 9.99. The molecule has 130 valence electrons. The highest BCUT2D eigenvalue weighted by Gasteiger charge is 2.22. The van der Waals surface area contributed by atoms with E-state index in [1.54, 1.807) is 12.1 Å². The van der Waals surface area contributed by atoms with Crippen molar-refractivity contribution in [1.82, 2.24) is 15.1 Å². The van der Waals surface area contributed by atoms with Crippen LogP contribution in [0.15, 0.2) is 24.3 Å². The van der Waals surface area contributed by atoms with Crippen molar-refractivity contribution < 1.29 is 9.59 Å². The third-order valence-electron chi connectivity index (χ3n) is 4.86. The average Bonchev–Trinajstić information content (AvgIpc) is 2.63. The Labute approximate surface area is 143 Å². The zero-order chi connectivity index (χ0) is 16.9. The molecule has 1 aromatic rings. The number of rotatable bonds is 3. The number of amides is 2. The summed E-state index contributed by atoms with van der Waals surface area (Å²) in [4.78, 5) is 28.8. The zero-order valence-electron chi connectivity index (χ0n) is 14.3. The van der Waals surface area contributed by atoms with Gasteiger partial charge in [0.05, 0.1) is 5.92 Å². The summed E-state index contributed by atoms with van der Waals surface area (Å²) >= 11 is 0. The number of piperazine rings is 1. The summed E-state index contributed by atoms with van der Waals surface area (Å²) in [6, 6.07) is 7.24. The quantitative estimate of drug-likeness (QED) is 0.868. The van der Waals surface area contributed by atoms with Crippen LogP contribution in [0.2, 0.25) is 0 Å². The van der Waals surface area contributed by atoms with Crippen molar-refractivity contribution in [2.45, 2.75) is 12.8 Å². The normalized spacial score (nSPS) is 22.2. The van der Waals surface area contributed by atoms with E-state index < -0.39 is 0 Å². The Morgan fingerprint density at radius 1 is 1.12 bits per heavy atom. The van der Waals surface area contributed by atoms with Gasteiger partial charge in [-0.1, -0.05) is 0 Å². The number of carbonyl (C=O) groups excluding carboxylic acids is 2. The SMILES string of the molecule is CN1CCN(C(=O)c2ccc(NC(=O)C3CCCNC3)cc2)CC1. The number of nitrogens with one attached hydrogen (secondary N) is 2. The molecule has 2 amide bonds. The molecular formula is C18H26N4O2. The molecule has 1 aromatic carbocycles. The number of likely N-dealkylation sites (N-methyl/N-ethyl adjacent to an activating group) is 1. The van der Waals surface area contributed by atoms with Crippen LogP contribution in [0, 0.1) is 5.92 Å². The standard InChI is InChI=1S/C18H26N4O2/c1-21-9-11-22(12-10-21)18(24)14-4-6-16(7-5-14)20-17(23)15-3-2-8-19-13-15/h4-7,15,19H,2-3,8-13H2,1H3,(H,20,23). The van der Waals surface area contributed by atoms with Gasteiger partial charge in [-0.3, -0.25) is 9.59 Å². The Balaban J connectivity index is 1.56. The summed E-state index contributed by atoms with van der Waals surface area (Å²) in [6.07, 6.45) is 1.97. The van der Waals surface area contributed by atoms with Gasteiger partial charge in [0.25, 0.3) is 5.91 Å². The van der Waals surface area contributed by atoms with E-state index in [4.69, 9.17) is 0 Å². The van der Waals surface area contributed by atoms with Gasteiger partial charge in [0.2, 0.25) is 5.91 Å². The molecule has 3 rings (SSSR count). The summed E-state index contributed by atoms with van der Waals surface area (Å²) in [5.41, 5.74) is 1.43. The van der Waals surface area contributed by atoms with Crippen molar-refractivity contribution in [1.29, 1.82) is 0 Å². The minimum atomic E-state index is 0.0328. The monoisotopic (exact) mass is 330 g/mol. The molecule has 6 heteroatoms. The van der Waals surface area contributed by atoms with E-state index in [0.717, 1.165) is 57.8 Å². The van der Waals surface area contributed by atoms with Crippen molar-refractivity contribution in [2.24, 2.45) is 5.92 Å². The first-order valence-corrected chi connectivity index (χ1v) is 8.73. The Bertz CT molecular complexity index is 573. The molecule has 1 atom stereocenters. The van der Waals surface area contributed by atoms with Gasteiger partial charge in [-0.05, 0) is 50.7 Å². The van der Waals surface area contributed by atoms with E-state index in [0.29, 0.717) is 5.56 Å². The van der Waals surface area contributed by atoms with E-state index >= 15 is 0 Å². The van der Waals surface area contributed by atoms with Crippen LogP contribution < -0.4 is 10.6 Å². The van der Waals surface area contributed by atoms with Crippen LogP contribution in [0.5, 0.6) is 0 Å². The van der Waals surface area contributed by atoms with Gasteiger partial charge in [0.15, 0.2) is 0 Å². The number of anilines is 1. The molecule has 2 aliphatic heterocycles. The topological polar surface area (TPSA) is 64.7 Å². The van der Waals surface area contributed by atoms with E-state index in [1.807, 2.05) is 17.0 Å². The Hall–Kier alpha value is -1.92. The van der Waals surface area contributed by atoms with Crippen LogP contribution in [0.1, 0.15) is 23.2 Å². The molecule has 0 spiro atoms. The van der Waals surface area contributed by atoms with E-state index in [2.05, 4.69) is 22.6 Å². The van der Waals surface area contributed by atoms with Gasteiger partial charge in [-0.2, -0.15) is 0 Å². The molecule has 2 N–H and O–H groups in total. The van der Waals surface area contributed by atoms with Crippen molar-refractivity contribution in [3.05, 3.63) is 29.8 Å². The number of benzene rings is 1.